The molecule has 0 radical (unpaired) electrons. The molecule has 1 amide bonds. The van der Waals surface area contributed by atoms with Crippen LogP contribution in [0.25, 0.3) is 0 Å². The lowest BCUT2D eigenvalue weighted by Gasteiger charge is -2.31. The lowest BCUT2D eigenvalue weighted by Crippen LogP contribution is -2.47. The Balaban J connectivity index is 2.86. The van der Waals surface area contributed by atoms with Gasteiger partial charge in [-0.15, -0.1) is 6.58 Å². The van der Waals surface area contributed by atoms with Crippen LogP contribution < -0.4 is 0 Å². The fourth-order valence-electron chi connectivity index (χ4n) is 2.43. The molecule has 0 unspecified atom stereocenters. The van der Waals surface area contributed by atoms with Crippen molar-refractivity contribution < 1.29 is 19.1 Å². The zero-order valence-corrected chi connectivity index (χ0v) is 12.8. The van der Waals surface area contributed by atoms with Crippen LogP contribution in [0.15, 0.2) is 12.7 Å². The molecule has 1 rings (SSSR count). The second-order valence-electron chi connectivity index (χ2n) is 6.02. The molecule has 0 aliphatic carbocycles. The molecule has 0 saturated carbocycles. The monoisotopic (exact) mass is 283 g/mol. The summed E-state index contributed by atoms with van der Waals surface area (Å²) in [5, 5.41) is 0. The first-order valence-corrected chi connectivity index (χ1v) is 7.00. The molecule has 20 heavy (non-hydrogen) atoms. The van der Waals surface area contributed by atoms with Gasteiger partial charge in [0.05, 0.1) is 7.11 Å². The molecule has 1 aliphatic rings. The second-order valence-corrected chi connectivity index (χ2v) is 6.02. The van der Waals surface area contributed by atoms with E-state index in [4.69, 9.17) is 9.47 Å². The molecule has 0 bridgehead atoms. The van der Waals surface area contributed by atoms with Crippen LogP contribution in [0.5, 0.6) is 0 Å². The predicted octanol–water partition coefficient (Wildman–Crippen LogP) is 2.89. The summed E-state index contributed by atoms with van der Waals surface area (Å²) in [5.74, 6) is -0.378. The minimum absolute atomic E-state index is 0.00644. The number of rotatable bonds is 4. The summed E-state index contributed by atoms with van der Waals surface area (Å²) in [4.78, 5) is 25.7. The van der Waals surface area contributed by atoms with Crippen LogP contribution in [-0.2, 0) is 14.3 Å². The third-order valence-electron chi connectivity index (χ3n) is 3.28. The van der Waals surface area contributed by atoms with Crippen LogP contribution in [0.2, 0.25) is 0 Å². The summed E-state index contributed by atoms with van der Waals surface area (Å²) in [6.45, 7) is 9.13. The number of methoxy groups -OCH3 is 1. The van der Waals surface area contributed by atoms with E-state index in [2.05, 4.69) is 6.58 Å². The Bertz CT molecular complexity index is 373. The van der Waals surface area contributed by atoms with Gasteiger partial charge in [-0.25, -0.2) is 9.59 Å². The molecule has 5 heteroatoms. The molecule has 1 heterocycles. The van der Waals surface area contributed by atoms with Gasteiger partial charge < -0.3 is 9.47 Å². The van der Waals surface area contributed by atoms with Crippen molar-refractivity contribution in [2.24, 2.45) is 0 Å². The Hall–Kier alpha value is -1.52. The van der Waals surface area contributed by atoms with E-state index in [9.17, 15) is 9.59 Å². The van der Waals surface area contributed by atoms with Gasteiger partial charge in [0.2, 0.25) is 0 Å². The summed E-state index contributed by atoms with van der Waals surface area (Å²) >= 11 is 0. The minimum atomic E-state index is -0.580. The molecule has 2 atom stereocenters. The maximum absolute atomic E-state index is 12.3. The van der Waals surface area contributed by atoms with Crippen LogP contribution in [0, 0.1) is 0 Å². The Labute approximate surface area is 120 Å². The zero-order chi connectivity index (χ0) is 15.3. The van der Waals surface area contributed by atoms with Crippen molar-refractivity contribution in [1.82, 2.24) is 4.90 Å². The normalized spacial score (nSPS) is 22.5. The third-order valence-corrected chi connectivity index (χ3v) is 3.28. The summed E-state index contributed by atoms with van der Waals surface area (Å²) in [7, 11) is 1.34. The highest BCUT2D eigenvalue weighted by Crippen LogP contribution is 2.30. The number of carbonyl (C=O) groups is 2. The molecule has 1 saturated heterocycles. The van der Waals surface area contributed by atoms with E-state index in [-0.39, 0.29) is 12.0 Å². The van der Waals surface area contributed by atoms with E-state index in [1.165, 1.54) is 7.11 Å². The van der Waals surface area contributed by atoms with Crippen molar-refractivity contribution in [3.8, 4) is 0 Å². The van der Waals surface area contributed by atoms with Gasteiger partial charge in [-0.05, 0) is 46.5 Å². The quantitative estimate of drug-likeness (QED) is 0.588. The molecule has 0 aromatic carbocycles. The van der Waals surface area contributed by atoms with Gasteiger partial charge in [-0.3, -0.25) is 4.90 Å². The average molecular weight is 283 g/mol. The fraction of sp³-hybridized carbons (Fsp3) is 0.733. The zero-order valence-electron chi connectivity index (χ0n) is 12.8. The molecule has 0 spiro atoms. The second kappa shape index (κ2) is 6.77. The molecule has 5 nitrogen and oxygen atoms in total. The van der Waals surface area contributed by atoms with Gasteiger partial charge >= 0.3 is 12.1 Å². The Morgan fingerprint density at radius 3 is 2.50 bits per heavy atom. The summed E-state index contributed by atoms with van der Waals surface area (Å²) in [6.07, 6.45) is 4.37. The molecule has 0 aromatic rings. The van der Waals surface area contributed by atoms with Gasteiger partial charge in [0.1, 0.15) is 11.6 Å². The van der Waals surface area contributed by atoms with Crippen LogP contribution in [0.1, 0.15) is 46.5 Å². The molecule has 0 N–H and O–H groups in total. The first-order valence-electron chi connectivity index (χ1n) is 7.00. The van der Waals surface area contributed by atoms with Crippen LogP contribution >= 0.6 is 0 Å². The SMILES string of the molecule is C=CCC[C@H]1CC[C@@H](C(=O)OC)N1C(=O)OC(C)(C)C. The first-order chi connectivity index (χ1) is 9.30. The largest absolute Gasteiger partial charge is 0.467 e. The smallest absolute Gasteiger partial charge is 0.411 e. The Morgan fingerprint density at radius 1 is 1.35 bits per heavy atom. The van der Waals surface area contributed by atoms with Gasteiger partial charge in [0.25, 0.3) is 0 Å². The third kappa shape index (κ3) is 4.25. The van der Waals surface area contributed by atoms with Crippen LogP contribution in [0.3, 0.4) is 0 Å². The van der Waals surface area contributed by atoms with Crippen molar-refractivity contribution in [3.05, 3.63) is 12.7 Å². The van der Waals surface area contributed by atoms with Gasteiger partial charge in [-0.1, -0.05) is 6.08 Å². The highest BCUT2D eigenvalue weighted by Gasteiger charge is 2.42. The van der Waals surface area contributed by atoms with Crippen molar-refractivity contribution in [3.63, 3.8) is 0 Å². The molecular weight excluding hydrogens is 258 g/mol. The van der Waals surface area contributed by atoms with Crippen molar-refractivity contribution >= 4 is 12.1 Å². The van der Waals surface area contributed by atoms with Crippen molar-refractivity contribution in [2.75, 3.05) is 7.11 Å². The van der Waals surface area contributed by atoms with Crippen molar-refractivity contribution in [2.45, 2.75) is 64.1 Å². The maximum atomic E-state index is 12.3. The molecule has 1 aliphatic heterocycles. The lowest BCUT2D eigenvalue weighted by atomic mass is 10.1. The average Bonchev–Trinajstić information content (AvgIpc) is 2.77. The molecule has 0 aromatic heterocycles. The van der Waals surface area contributed by atoms with Gasteiger partial charge in [0.15, 0.2) is 0 Å². The summed E-state index contributed by atoms with van der Waals surface area (Å²) in [5.41, 5.74) is -0.580. The lowest BCUT2D eigenvalue weighted by molar-refractivity contribution is -0.146. The first kappa shape index (κ1) is 16.5. The number of hydrogen-bond donors (Lipinski definition) is 0. The van der Waals surface area contributed by atoms with E-state index in [1.807, 2.05) is 26.8 Å². The number of allylic oxidation sites excluding steroid dienone is 1. The van der Waals surface area contributed by atoms with E-state index in [0.29, 0.717) is 6.42 Å². The topological polar surface area (TPSA) is 55.8 Å². The number of ether oxygens (including phenoxy) is 2. The van der Waals surface area contributed by atoms with Gasteiger partial charge in [0, 0.05) is 6.04 Å². The summed E-state index contributed by atoms with van der Waals surface area (Å²) < 4.78 is 10.2. The number of carbonyl (C=O) groups excluding carboxylic acids is 2. The van der Waals surface area contributed by atoms with E-state index in [1.54, 1.807) is 4.90 Å². The number of esters is 1. The standard InChI is InChI=1S/C15H25NO4/c1-6-7-8-11-9-10-12(13(17)19-5)16(11)14(18)20-15(2,3)4/h6,11-12H,1,7-10H2,2-5H3/t11-,12-/m0/s1. The minimum Gasteiger partial charge on any atom is -0.467 e. The highest BCUT2D eigenvalue weighted by atomic mass is 16.6. The maximum Gasteiger partial charge on any atom is 0.411 e. The van der Waals surface area contributed by atoms with Crippen molar-refractivity contribution in [1.29, 1.82) is 0 Å². The van der Waals surface area contributed by atoms with E-state index < -0.39 is 17.7 Å². The number of amides is 1. The number of nitrogens with zero attached hydrogens (tertiary/aromatic N) is 1. The molecular formula is C15H25NO4. The molecule has 1 fully saturated rings. The van der Waals surface area contributed by atoms with Gasteiger partial charge in [-0.2, -0.15) is 0 Å². The number of likely N-dealkylation sites (tertiary alicyclic amines) is 1. The summed E-state index contributed by atoms with van der Waals surface area (Å²) in [6, 6.07) is -0.531. The molecule has 114 valence electrons. The van der Waals surface area contributed by atoms with E-state index >= 15 is 0 Å². The Morgan fingerprint density at radius 2 is 2.00 bits per heavy atom. The predicted molar refractivity (Wildman–Crippen MR) is 76.3 cm³/mol. The van der Waals surface area contributed by atoms with E-state index in [0.717, 1.165) is 19.3 Å². The highest BCUT2D eigenvalue weighted by molar-refractivity contribution is 5.82. The number of hydrogen-bond acceptors (Lipinski definition) is 4. The Kier molecular flexibility index (Phi) is 5.60. The fourth-order valence-corrected chi connectivity index (χ4v) is 2.43. The van der Waals surface area contributed by atoms with Crippen LogP contribution in [0.4, 0.5) is 4.79 Å². The van der Waals surface area contributed by atoms with Crippen LogP contribution in [-0.4, -0.2) is 41.8 Å².